The van der Waals surface area contributed by atoms with Crippen molar-refractivity contribution in [3.63, 3.8) is 0 Å². The zero-order valence-corrected chi connectivity index (χ0v) is 8.66. The number of rotatable bonds is 5. The lowest BCUT2D eigenvalue weighted by molar-refractivity contribution is 0.131. The number of hydrogen-bond acceptors (Lipinski definition) is 2. The maximum absolute atomic E-state index is 13.2. The highest BCUT2D eigenvalue weighted by Gasteiger charge is 2.07. The number of halogens is 1. The second-order valence-corrected chi connectivity index (χ2v) is 3.21. The average Bonchev–Trinajstić information content (AvgIpc) is 2.26. The SMILES string of the molecule is C=CC(C)OCC(=N)c1ccccc1F. The van der Waals surface area contributed by atoms with Crippen molar-refractivity contribution in [3.05, 3.63) is 48.3 Å². The van der Waals surface area contributed by atoms with E-state index in [9.17, 15) is 4.39 Å². The summed E-state index contributed by atoms with van der Waals surface area (Å²) in [5, 5.41) is 7.64. The van der Waals surface area contributed by atoms with Crippen LogP contribution in [-0.4, -0.2) is 18.4 Å². The molecule has 0 radical (unpaired) electrons. The zero-order valence-electron chi connectivity index (χ0n) is 8.66. The Hall–Kier alpha value is -1.48. The maximum Gasteiger partial charge on any atom is 0.132 e. The highest BCUT2D eigenvalue weighted by atomic mass is 19.1. The van der Waals surface area contributed by atoms with Gasteiger partial charge in [-0.15, -0.1) is 6.58 Å². The molecule has 80 valence electrons. The van der Waals surface area contributed by atoms with Gasteiger partial charge < -0.3 is 10.1 Å². The van der Waals surface area contributed by atoms with Crippen LogP contribution in [0.2, 0.25) is 0 Å². The van der Waals surface area contributed by atoms with Crippen LogP contribution < -0.4 is 0 Å². The van der Waals surface area contributed by atoms with Crippen LogP contribution in [-0.2, 0) is 4.74 Å². The third-order valence-corrected chi connectivity index (χ3v) is 2.02. The predicted molar refractivity (Wildman–Crippen MR) is 58.8 cm³/mol. The summed E-state index contributed by atoms with van der Waals surface area (Å²) in [7, 11) is 0. The van der Waals surface area contributed by atoms with E-state index >= 15 is 0 Å². The van der Waals surface area contributed by atoms with Gasteiger partial charge in [-0.1, -0.05) is 24.3 Å². The van der Waals surface area contributed by atoms with E-state index in [1.165, 1.54) is 6.07 Å². The van der Waals surface area contributed by atoms with Crippen LogP contribution in [0.3, 0.4) is 0 Å². The summed E-state index contributed by atoms with van der Waals surface area (Å²) in [6.07, 6.45) is 1.51. The van der Waals surface area contributed by atoms with Crippen molar-refractivity contribution in [3.8, 4) is 0 Å². The molecule has 0 aliphatic carbocycles. The fourth-order valence-corrected chi connectivity index (χ4v) is 1.07. The molecule has 0 aromatic heterocycles. The Bertz CT molecular complexity index is 362. The number of hydrogen-bond donors (Lipinski definition) is 1. The second kappa shape index (κ2) is 5.41. The van der Waals surface area contributed by atoms with Crippen LogP contribution in [0, 0.1) is 11.2 Å². The average molecular weight is 207 g/mol. The van der Waals surface area contributed by atoms with Crippen molar-refractivity contribution >= 4 is 5.71 Å². The maximum atomic E-state index is 13.2. The molecule has 2 nitrogen and oxygen atoms in total. The highest BCUT2D eigenvalue weighted by Crippen LogP contribution is 2.07. The first kappa shape index (κ1) is 11.6. The molecule has 1 unspecified atom stereocenters. The molecule has 0 bridgehead atoms. The Morgan fingerprint density at radius 2 is 2.27 bits per heavy atom. The fourth-order valence-electron chi connectivity index (χ4n) is 1.07. The van der Waals surface area contributed by atoms with E-state index in [1.807, 2.05) is 6.92 Å². The quantitative estimate of drug-likeness (QED) is 0.584. The van der Waals surface area contributed by atoms with E-state index in [4.69, 9.17) is 10.1 Å². The molecule has 1 rings (SSSR count). The van der Waals surface area contributed by atoms with E-state index in [1.54, 1.807) is 24.3 Å². The van der Waals surface area contributed by atoms with Crippen molar-refractivity contribution < 1.29 is 9.13 Å². The molecular formula is C12H14FNO. The molecule has 1 aromatic carbocycles. The minimum absolute atomic E-state index is 0.0914. The minimum atomic E-state index is -0.391. The van der Waals surface area contributed by atoms with Gasteiger partial charge in [0.25, 0.3) is 0 Å². The first-order chi connectivity index (χ1) is 7.15. The topological polar surface area (TPSA) is 33.1 Å². The molecule has 0 fully saturated rings. The monoisotopic (exact) mass is 207 g/mol. The Morgan fingerprint density at radius 3 is 2.87 bits per heavy atom. The van der Waals surface area contributed by atoms with Gasteiger partial charge in [0.2, 0.25) is 0 Å². The van der Waals surface area contributed by atoms with Crippen molar-refractivity contribution in [2.24, 2.45) is 0 Å². The van der Waals surface area contributed by atoms with Gasteiger partial charge in [0, 0.05) is 5.56 Å². The minimum Gasteiger partial charge on any atom is -0.368 e. The van der Waals surface area contributed by atoms with E-state index in [-0.39, 0.29) is 24.0 Å². The van der Waals surface area contributed by atoms with Gasteiger partial charge in [-0.05, 0) is 13.0 Å². The second-order valence-electron chi connectivity index (χ2n) is 3.21. The van der Waals surface area contributed by atoms with Crippen molar-refractivity contribution in [1.82, 2.24) is 0 Å². The van der Waals surface area contributed by atoms with Crippen molar-refractivity contribution in [1.29, 1.82) is 5.41 Å². The van der Waals surface area contributed by atoms with Gasteiger partial charge in [-0.3, -0.25) is 0 Å². The van der Waals surface area contributed by atoms with E-state index in [0.717, 1.165) is 0 Å². The molecule has 0 spiro atoms. The van der Waals surface area contributed by atoms with Gasteiger partial charge in [0.15, 0.2) is 0 Å². The van der Waals surface area contributed by atoms with Crippen molar-refractivity contribution in [2.75, 3.05) is 6.61 Å². The van der Waals surface area contributed by atoms with E-state index in [0.29, 0.717) is 0 Å². The molecule has 1 atom stereocenters. The van der Waals surface area contributed by atoms with Crippen LogP contribution in [0.15, 0.2) is 36.9 Å². The summed E-state index contributed by atoms with van der Waals surface area (Å²) in [4.78, 5) is 0. The number of benzene rings is 1. The van der Waals surface area contributed by atoms with Crippen LogP contribution >= 0.6 is 0 Å². The summed E-state index contributed by atoms with van der Waals surface area (Å²) < 4.78 is 18.5. The number of ether oxygens (including phenoxy) is 1. The lowest BCUT2D eigenvalue weighted by Gasteiger charge is -2.09. The lowest BCUT2D eigenvalue weighted by Crippen LogP contribution is -2.15. The van der Waals surface area contributed by atoms with Gasteiger partial charge in [-0.2, -0.15) is 0 Å². The van der Waals surface area contributed by atoms with Crippen molar-refractivity contribution in [2.45, 2.75) is 13.0 Å². The first-order valence-electron chi connectivity index (χ1n) is 4.71. The Kier molecular flexibility index (Phi) is 4.18. The third-order valence-electron chi connectivity index (χ3n) is 2.02. The summed E-state index contributed by atoms with van der Waals surface area (Å²) in [6.45, 7) is 5.47. The van der Waals surface area contributed by atoms with Gasteiger partial charge in [0.1, 0.15) is 5.82 Å². The molecule has 0 saturated heterocycles. The van der Waals surface area contributed by atoms with Gasteiger partial charge in [-0.25, -0.2) is 4.39 Å². The standard InChI is InChI=1S/C12H14FNO/c1-3-9(2)15-8-12(14)10-6-4-5-7-11(10)13/h3-7,9,14H,1,8H2,2H3. The highest BCUT2D eigenvalue weighted by molar-refractivity contribution is 5.99. The summed E-state index contributed by atoms with van der Waals surface area (Å²) in [5.74, 6) is -0.391. The van der Waals surface area contributed by atoms with Gasteiger partial charge >= 0.3 is 0 Å². The zero-order chi connectivity index (χ0) is 11.3. The fraction of sp³-hybridized carbons (Fsp3) is 0.250. The predicted octanol–water partition coefficient (Wildman–Crippen LogP) is 2.78. The smallest absolute Gasteiger partial charge is 0.132 e. The molecule has 0 aliphatic rings. The van der Waals surface area contributed by atoms with E-state index < -0.39 is 5.82 Å². The first-order valence-corrected chi connectivity index (χ1v) is 4.71. The molecule has 0 aliphatic heterocycles. The molecule has 15 heavy (non-hydrogen) atoms. The summed E-state index contributed by atoms with van der Waals surface area (Å²) >= 11 is 0. The Labute approximate surface area is 88.9 Å². The summed E-state index contributed by atoms with van der Waals surface area (Å²) in [5.41, 5.74) is 0.426. The van der Waals surface area contributed by atoms with Crippen LogP contribution in [0.5, 0.6) is 0 Å². The van der Waals surface area contributed by atoms with Gasteiger partial charge in [0.05, 0.1) is 18.4 Å². The molecule has 1 N–H and O–H groups in total. The Morgan fingerprint density at radius 1 is 1.60 bits per heavy atom. The van der Waals surface area contributed by atoms with Crippen LogP contribution in [0.1, 0.15) is 12.5 Å². The largest absolute Gasteiger partial charge is 0.368 e. The summed E-state index contributed by atoms with van der Waals surface area (Å²) in [6, 6.07) is 6.20. The lowest BCUT2D eigenvalue weighted by atomic mass is 10.1. The Balaban J connectivity index is 2.62. The molecule has 0 amide bonds. The van der Waals surface area contributed by atoms with Crippen LogP contribution in [0.4, 0.5) is 4.39 Å². The number of nitrogens with one attached hydrogen (secondary N) is 1. The third kappa shape index (κ3) is 3.29. The molecule has 0 heterocycles. The molecule has 1 aromatic rings. The van der Waals surface area contributed by atoms with E-state index in [2.05, 4.69) is 6.58 Å². The molecule has 0 saturated carbocycles. The van der Waals surface area contributed by atoms with Crippen LogP contribution in [0.25, 0.3) is 0 Å². The molecular weight excluding hydrogens is 193 g/mol. The molecule has 3 heteroatoms. The normalized spacial score (nSPS) is 12.1.